The van der Waals surface area contributed by atoms with Gasteiger partial charge in [0.25, 0.3) is 0 Å². The van der Waals surface area contributed by atoms with E-state index in [2.05, 4.69) is 34.5 Å². The molecule has 6 heteroatoms. The molecule has 1 aromatic rings. The average Bonchev–Trinajstić information content (AvgIpc) is 3.02. The van der Waals surface area contributed by atoms with Crippen molar-refractivity contribution < 1.29 is 9.47 Å². The van der Waals surface area contributed by atoms with Gasteiger partial charge in [0, 0.05) is 19.1 Å². The minimum Gasteiger partial charge on any atom is -0.493 e. The molecule has 1 heterocycles. The van der Waals surface area contributed by atoms with Gasteiger partial charge in [-0.2, -0.15) is 0 Å². The number of hydrogen-bond acceptors (Lipinski definition) is 4. The van der Waals surface area contributed by atoms with Crippen molar-refractivity contribution in [1.82, 2.24) is 15.5 Å². The zero-order valence-electron chi connectivity index (χ0n) is 15.3. The van der Waals surface area contributed by atoms with Crippen molar-refractivity contribution in [3.05, 3.63) is 23.8 Å². The van der Waals surface area contributed by atoms with Crippen molar-refractivity contribution in [2.75, 3.05) is 40.9 Å². The number of likely N-dealkylation sites (tertiary alicyclic amines) is 1. The molecule has 2 N–H and O–H groups in total. The van der Waals surface area contributed by atoms with E-state index < -0.39 is 0 Å². The van der Waals surface area contributed by atoms with Crippen LogP contribution in [0.15, 0.2) is 23.2 Å². The first kappa shape index (κ1) is 18.4. The summed E-state index contributed by atoms with van der Waals surface area (Å²) in [5, 5.41) is 6.76. The second kappa shape index (κ2) is 9.37. The highest BCUT2D eigenvalue weighted by Crippen LogP contribution is 2.27. The predicted molar refractivity (Wildman–Crippen MR) is 98.0 cm³/mol. The zero-order valence-corrected chi connectivity index (χ0v) is 15.3. The number of ether oxygens (including phenoxy) is 2. The van der Waals surface area contributed by atoms with Gasteiger partial charge in [-0.15, -0.1) is 0 Å². The topological polar surface area (TPSA) is 58.1 Å². The third-order valence-corrected chi connectivity index (χ3v) is 4.39. The van der Waals surface area contributed by atoms with Gasteiger partial charge in [0.1, 0.15) is 0 Å². The summed E-state index contributed by atoms with van der Waals surface area (Å²) in [4.78, 5) is 7.09. The molecule has 0 aromatic heterocycles. The number of likely N-dealkylation sites (N-methyl/N-ethyl adjacent to an activating group) is 1. The Kier molecular flexibility index (Phi) is 7.18. The molecule has 0 spiro atoms. The van der Waals surface area contributed by atoms with E-state index in [9.17, 15) is 0 Å². The minimum atomic E-state index is 0.593. The fourth-order valence-electron chi connectivity index (χ4n) is 2.94. The quantitative estimate of drug-likeness (QED) is 0.589. The Bertz CT molecular complexity index is 548. The minimum absolute atomic E-state index is 0.593. The number of benzene rings is 1. The Hall–Kier alpha value is -1.95. The van der Waals surface area contributed by atoms with Crippen molar-refractivity contribution in [3.63, 3.8) is 0 Å². The van der Waals surface area contributed by atoms with Crippen LogP contribution < -0.4 is 20.1 Å². The highest BCUT2D eigenvalue weighted by Gasteiger charge is 2.20. The van der Waals surface area contributed by atoms with Gasteiger partial charge in [0.2, 0.25) is 0 Å². The lowest BCUT2D eigenvalue weighted by Crippen LogP contribution is -2.44. The molecule has 24 heavy (non-hydrogen) atoms. The smallest absolute Gasteiger partial charge is 0.191 e. The van der Waals surface area contributed by atoms with Crippen molar-refractivity contribution in [2.45, 2.75) is 32.4 Å². The van der Waals surface area contributed by atoms with Crippen LogP contribution in [0.3, 0.4) is 0 Å². The highest BCUT2D eigenvalue weighted by atomic mass is 16.5. The van der Waals surface area contributed by atoms with Crippen LogP contribution in [0.1, 0.15) is 25.3 Å². The SMILES string of the molecule is CCNC(=NCc1ccc(OC)c(OC)c1)NCC1CCCN1C. The molecule has 134 valence electrons. The lowest BCUT2D eigenvalue weighted by atomic mass is 10.2. The molecule has 1 aliphatic rings. The number of methoxy groups -OCH3 is 2. The van der Waals surface area contributed by atoms with Crippen LogP contribution >= 0.6 is 0 Å². The van der Waals surface area contributed by atoms with E-state index in [0.717, 1.165) is 36.1 Å². The maximum absolute atomic E-state index is 5.35. The lowest BCUT2D eigenvalue weighted by molar-refractivity contribution is 0.309. The van der Waals surface area contributed by atoms with E-state index in [1.54, 1.807) is 14.2 Å². The van der Waals surface area contributed by atoms with Crippen LogP contribution in [-0.2, 0) is 6.54 Å². The number of nitrogens with zero attached hydrogens (tertiary/aromatic N) is 2. The molecule has 1 aliphatic heterocycles. The molecule has 0 aliphatic carbocycles. The van der Waals surface area contributed by atoms with Crippen LogP contribution in [0.25, 0.3) is 0 Å². The molecular formula is C18H30N4O2. The molecule has 6 nitrogen and oxygen atoms in total. The third-order valence-electron chi connectivity index (χ3n) is 4.39. The summed E-state index contributed by atoms with van der Waals surface area (Å²) in [6.07, 6.45) is 2.53. The molecule has 0 amide bonds. The maximum atomic E-state index is 5.35. The van der Waals surface area contributed by atoms with E-state index in [4.69, 9.17) is 9.47 Å². The van der Waals surface area contributed by atoms with Crippen LogP contribution in [0.2, 0.25) is 0 Å². The Morgan fingerprint density at radius 3 is 2.67 bits per heavy atom. The van der Waals surface area contributed by atoms with Crippen molar-refractivity contribution in [3.8, 4) is 11.5 Å². The zero-order chi connectivity index (χ0) is 17.4. The van der Waals surface area contributed by atoms with Gasteiger partial charge in [0.15, 0.2) is 17.5 Å². The van der Waals surface area contributed by atoms with E-state index in [0.29, 0.717) is 12.6 Å². The van der Waals surface area contributed by atoms with Gasteiger partial charge < -0.3 is 25.0 Å². The monoisotopic (exact) mass is 334 g/mol. The molecule has 1 aromatic carbocycles. The predicted octanol–water partition coefficient (Wildman–Crippen LogP) is 1.85. The van der Waals surface area contributed by atoms with E-state index in [1.807, 2.05) is 18.2 Å². The van der Waals surface area contributed by atoms with Gasteiger partial charge in [0.05, 0.1) is 20.8 Å². The van der Waals surface area contributed by atoms with Crippen LogP contribution in [0.4, 0.5) is 0 Å². The Morgan fingerprint density at radius 2 is 2.04 bits per heavy atom. The number of nitrogens with one attached hydrogen (secondary N) is 2. The molecule has 0 bridgehead atoms. The third kappa shape index (κ3) is 5.03. The Labute approximate surface area is 145 Å². The number of rotatable bonds is 7. The molecule has 1 atom stereocenters. The summed E-state index contributed by atoms with van der Waals surface area (Å²) < 4.78 is 10.6. The molecule has 2 rings (SSSR count). The van der Waals surface area contributed by atoms with Crippen LogP contribution in [0.5, 0.6) is 11.5 Å². The van der Waals surface area contributed by atoms with E-state index >= 15 is 0 Å². The summed E-state index contributed by atoms with van der Waals surface area (Å²) in [5.41, 5.74) is 1.09. The first-order valence-electron chi connectivity index (χ1n) is 8.61. The van der Waals surface area contributed by atoms with Crippen molar-refractivity contribution >= 4 is 5.96 Å². The summed E-state index contributed by atoms with van der Waals surface area (Å²) >= 11 is 0. The number of hydrogen-bond donors (Lipinski definition) is 2. The van der Waals surface area contributed by atoms with Gasteiger partial charge >= 0.3 is 0 Å². The number of guanidine groups is 1. The molecule has 1 saturated heterocycles. The molecule has 1 unspecified atom stereocenters. The average molecular weight is 334 g/mol. The molecular weight excluding hydrogens is 304 g/mol. The van der Waals surface area contributed by atoms with Gasteiger partial charge in [-0.05, 0) is 51.1 Å². The largest absolute Gasteiger partial charge is 0.493 e. The fraction of sp³-hybridized carbons (Fsp3) is 0.611. The summed E-state index contributed by atoms with van der Waals surface area (Å²) in [6, 6.07) is 6.49. The fourth-order valence-corrected chi connectivity index (χ4v) is 2.94. The lowest BCUT2D eigenvalue weighted by Gasteiger charge is -2.21. The molecule has 0 radical (unpaired) electrons. The molecule has 0 saturated carbocycles. The van der Waals surface area contributed by atoms with Gasteiger partial charge in [-0.25, -0.2) is 4.99 Å². The normalized spacial score (nSPS) is 18.5. The van der Waals surface area contributed by atoms with E-state index in [-0.39, 0.29) is 0 Å². The van der Waals surface area contributed by atoms with Gasteiger partial charge in [-0.1, -0.05) is 6.07 Å². The van der Waals surface area contributed by atoms with Crippen molar-refractivity contribution in [1.29, 1.82) is 0 Å². The Balaban J connectivity index is 1.97. The maximum Gasteiger partial charge on any atom is 0.191 e. The van der Waals surface area contributed by atoms with Crippen LogP contribution in [0, 0.1) is 0 Å². The second-order valence-electron chi connectivity index (χ2n) is 6.04. The van der Waals surface area contributed by atoms with E-state index in [1.165, 1.54) is 19.4 Å². The van der Waals surface area contributed by atoms with Crippen molar-refractivity contribution in [2.24, 2.45) is 4.99 Å². The highest BCUT2D eigenvalue weighted by molar-refractivity contribution is 5.79. The van der Waals surface area contributed by atoms with Crippen LogP contribution in [-0.4, -0.2) is 57.8 Å². The summed E-state index contributed by atoms with van der Waals surface area (Å²) in [5.74, 6) is 2.32. The summed E-state index contributed by atoms with van der Waals surface area (Å²) in [6.45, 7) is 5.63. The molecule has 1 fully saturated rings. The first-order valence-corrected chi connectivity index (χ1v) is 8.61. The Morgan fingerprint density at radius 1 is 1.25 bits per heavy atom. The van der Waals surface area contributed by atoms with Gasteiger partial charge in [-0.3, -0.25) is 0 Å². The standard InChI is InChI=1S/C18H30N4O2/c1-5-19-18(21-13-15-7-6-10-22(15)2)20-12-14-8-9-16(23-3)17(11-14)24-4/h8-9,11,15H,5-7,10,12-13H2,1-4H3,(H2,19,20,21). The number of aliphatic imine (C=N–C) groups is 1. The summed E-state index contributed by atoms with van der Waals surface area (Å²) in [7, 11) is 5.48. The second-order valence-corrected chi connectivity index (χ2v) is 6.04. The first-order chi connectivity index (χ1) is 11.7.